The number of ketones is 2. The molecule has 0 aromatic carbocycles. The summed E-state index contributed by atoms with van der Waals surface area (Å²) >= 11 is 0. The third-order valence-electron chi connectivity index (χ3n) is 8.26. The zero-order chi connectivity index (χ0) is 24.0. The van der Waals surface area contributed by atoms with E-state index in [4.69, 9.17) is 9.47 Å². The van der Waals surface area contributed by atoms with Gasteiger partial charge in [0.15, 0.2) is 17.2 Å². The Hall–Kier alpha value is -1.92. The lowest BCUT2D eigenvalue weighted by molar-refractivity contribution is -0.143. The first-order valence-corrected chi connectivity index (χ1v) is 11.7. The van der Waals surface area contributed by atoms with E-state index < -0.39 is 51.6 Å². The van der Waals surface area contributed by atoms with Crippen molar-refractivity contribution in [2.45, 2.75) is 97.6 Å². The predicted molar refractivity (Wildman–Crippen MR) is 120 cm³/mol. The quantitative estimate of drug-likeness (QED) is 0.372. The lowest BCUT2D eigenvalue weighted by Crippen LogP contribution is -2.59. The highest BCUT2D eigenvalue weighted by Crippen LogP contribution is 2.73. The van der Waals surface area contributed by atoms with Crippen LogP contribution in [0, 0.1) is 17.3 Å². The fraction of sp³-hybridized carbons (Fsp3) is 0.692. The molecule has 1 saturated carbocycles. The lowest BCUT2D eigenvalue weighted by Gasteiger charge is -2.49. The Morgan fingerprint density at radius 1 is 1.19 bits per heavy atom. The van der Waals surface area contributed by atoms with Crippen molar-refractivity contribution in [1.82, 2.24) is 0 Å². The number of epoxide rings is 1. The van der Waals surface area contributed by atoms with E-state index in [9.17, 15) is 19.8 Å². The van der Waals surface area contributed by atoms with Gasteiger partial charge in [0.25, 0.3) is 0 Å². The molecule has 2 aliphatic carbocycles. The Bertz CT molecular complexity index is 996. The first-order valence-electron chi connectivity index (χ1n) is 11.7. The molecule has 0 bridgehead atoms. The number of carbonyl (C=O) groups excluding carboxylic acids is 2. The van der Waals surface area contributed by atoms with Crippen molar-refractivity contribution in [3.63, 3.8) is 0 Å². The summed E-state index contributed by atoms with van der Waals surface area (Å²) in [5.41, 5.74) is -2.67. The van der Waals surface area contributed by atoms with Gasteiger partial charge in [0.1, 0.15) is 34.4 Å². The predicted octanol–water partition coefficient (Wildman–Crippen LogP) is 4.33. The number of ether oxygens (including phenoxy) is 2. The van der Waals surface area contributed by atoms with E-state index in [0.717, 1.165) is 12.0 Å². The molecule has 0 unspecified atom stereocenters. The number of carbonyl (C=O) groups is 2. The number of hydrogen-bond acceptors (Lipinski definition) is 6. The Kier molecular flexibility index (Phi) is 4.94. The van der Waals surface area contributed by atoms with Crippen LogP contribution in [0.4, 0.5) is 0 Å². The van der Waals surface area contributed by atoms with Gasteiger partial charge in [-0.15, -0.1) is 0 Å². The number of Topliss-reactive ketones (excluding diaryl/α,β-unsaturated/α-hetero) is 2. The number of allylic oxidation sites excluding steroid dienone is 4. The minimum atomic E-state index is -1.21. The third kappa shape index (κ3) is 2.54. The number of hydrogen-bond donors (Lipinski definition) is 2. The molecule has 2 aliphatic heterocycles. The largest absolute Gasteiger partial charge is 0.507 e. The first kappa shape index (κ1) is 23.2. The Labute approximate surface area is 190 Å². The van der Waals surface area contributed by atoms with Crippen LogP contribution >= 0.6 is 0 Å². The summed E-state index contributed by atoms with van der Waals surface area (Å²) in [6.07, 6.45) is 2.44. The van der Waals surface area contributed by atoms with Gasteiger partial charge in [-0.1, -0.05) is 39.3 Å². The highest BCUT2D eigenvalue weighted by atomic mass is 16.7. The molecule has 32 heavy (non-hydrogen) atoms. The summed E-state index contributed by atoms with van der Waals surface area (Å²) in [5, 5.41) is 23.0. The molecule has 2 heterocycles. The molecule has 6 heteroatoms. The molecular formula is C26H36O6. The van der Waals surface area contributed by atoms with Gasteiger partial charge < -0.3 is 19.7 Å². The zero-order valence-corrected chi connectivity index (χ0v) is 20.5. The molecular weight excluding hydrogens is 408 g/mol. The molecule has 4 rings (SSSR count). The van der Waals surface area contributed by atoms with Crippen LogP contribution < -0.4 is 0 Å². The van der Waals surface area contributed by atoms with Gasteiger partial charge >= 0.3 is 0 Å². The average molecular weight is 445 g/mol. The van der Waals surface area contributed by atoms with Crippen LogP contribution in [0.5, 0.6) is 0 Å². The van der Waals surface area contributed by atoms with Crippen molar-refractivity contribution < 1.29 is 29.3 Å². The Balaban J connectivity index is 1.97. The molecule has 6 nitrogen and oxygen atoms in total. The van der Waals surface area contributed by atoms with Gasteiger partial charge in [-0.3, -0.25) is 9.59 Å². The van der Waals surface area contributed by atoms with E-state index >= 15 is 0 Å². The lowest BCUT2D eigenvalue weighted by atomic mass is 9.64. The van der Waals surface area contributed by atoms with Crippen molar-refractivity contribution in [3.05, 3.63) is 34.3 Å². The fourth-order valence-corrected chi connectivity index (χ4v) is 6.19. The summed E-state index contributed by atoms with van der Waals surface area (Å²) in [4.78, 5) is 26.8. The van der Waals surface area contributed by atoms with Gasteiger partial charge in [-0.2, -0.15) is 0 Å². The summed E-state index contributed by atoms with van der Waals surface area (Å²) in [5.74, 6) is -1.42. The van der Waals surface area contributed by atoms with Crippen molar-refractivity contribution in [3.8, 4) is 0 Å². The number of rotatable bonds is 5. The highest BCUT2D eigenvalue weighted by molar-refractivity contribution is 6.24. The summed E-state index contributed by atoms with van der Waals surface area (Å²) in [6, 6.07) is 0. The van der Waals surface area contributed by atoms with Crippen LogP contribution in [0.1, 0.15) is 74.7 Å². The first-order chi connectivity index (χ1) is 14.7. The maximum absolute atomic E-state index is 13.7. The summed E-state index contributed by atoms with van der Waals surface area (Å²) < 4.78 is 12.9. The number of aliphatic hydroxyl groups is 2. The minimum absolute atomic E-state index is 0.134. The topological polar surface area (TPSA) is 96.4 Å². The van der Waals surface area contributed by atoms with Crippen LogP contribution in [0.2, 0.25) is 0 Å². The number of aliphatic hydroxyl groups excluding tert-OH is 2. The monoisotopic (exact) mass is 444 g/mol. The Morgan fingerprint density at radius 3 is 2.31 bits per heavy atom. The molecule has 0 radical (unpaired) electrons. The van der Waals surface area contributed by atoms with E-state index in [-0.39, 0.29) is 22.8 Å². The smallest absolute Gasteiger partial charge is 0.183 e. The second-order valence-electron chi connectivity index (χ2n) is 11.2. The molecule has 4 aliphatic rings. The molecule has 2 N–H and O–H groups in total. The van der Waals surface area contributed by atoms with Gasteiger partial charge in [0, 0.05) is 5.92 Å². The van der Waals surface area contributed by atoms with Crippen molar-refractivity contribution in [1.29, 1.82) is 0 Å². The molecule has 1 spiro atoms. The van der Waals surface area contributed by atoms with Gasteiger partial charge in [-0.25, -0.2) is 0 Å². The van der Waals surface area contributed by atoms with Gasteiger partial charge in [0.2, 0.25) is 0 Å². The van der Waals surface area contributed by atoms with Crippen LogP contribution in [0.3, 0.4) is 0 Å². The Morgan fingerprint density at radius 2 is 1.81 bits per heavy atom. The molecule has 0 amide bonds. The van der Waals surface area contributed by atoms with Crippen LogP contribution in [0.15, 0.2) is 34.3 Å². The highest BCUT2D eigenvalue weighted by Gasteiger charge is 2.88. The van der Waals surface area contributed by atoms with Crippen LogP contribution in [0.25, 0.3) is 0 Å². The normalized spacial score (nSPS) is 40.2. The van der Waals surface area contributed by atoms with E-state index in [1.54, 1.807) is 20.8 Å². The second kappa shape index (κ2) is 6.80. The summed E-state index contributed by atoms with van der Waals surface area (Å²) in [7, 11) is 0. The van der Waals surface area contributed by atoms with E-state index in [1.165, 1.54) is 0 Å². The van der Waals surface area contributed by atoms with Crippen LogP contribution in [-0.4, -0.2) is 44.7 Å². The molecule has 1 saturated heterocycles. The molecule has 5 atom stereocenters. The third-order valence-corrected chi connectivity index (χ3v) is 8.26. The van der Waals surface area contributed by atoms with E-state index in [0.29, 0.717) is 12.8 Å². The van der Waals surface area contributed by atoms with Crippen molar-refractivity contribution in [2.75, 3.05) is 0 Å². The van der Waals surface area contributed by atoms with Crippen LogP contribution in [-0.2, 0) is 19.1 Å². The van der Waals surface area contributed by atoms with Gasteiger partial charge in [0.05, 0.1) is 11.0 Å². The van der Waals surface area contributed by atoms with E-state index in [1.807, 2.05) is 26.8 Å². The second-order valence-corrected chi connectivity index (χ2v) is 11.2. The maximum atomic E-state index is 13.7. The molecule has 0 aromatic heterocycles. The molecule has 2 fully saturated rings. The van der Waals surface area contributed by atoms with E-state index in [2.05, 4.69) is 13.8 Å². The summed E-state index contributed by atoms with van der Waals surface area (Å²) in [6.45, 7) is 15.1. The van der Waals surface area contributed by atoms with Crippen molar-refractivity contribution in [2.24, 2.45) is 17.3 Å². The maximum Gasteiger partial charge on any atom is 0.183 e. The minimum Gasteiger partial charge on any atom is -0.507 e. The fourth-order valence-electron chi connectivity index (χ4n) is 6.19. The molecule has 176 valence electrons. The van der Waals surface area contributed by atoms with Crippen molar-refractivity contribution >= 4 is 11.6 Å². The SMILES string of the molecule is CC(C)=CC[C@]1(C)C(=O)C(C(=O)C(C)C)=C(O)C2=C1O[C@]1(C)CC[C@]3(C(C)C)O[C@]13[C@H]2O. The molecule has 0 aromatic rings. The average Bonchev–Trinajstić information content (AvgIpc) is 3.33. The standard InChI is InChI=1S/C26H36O6/c1-13(2)9-10-23(7)20(29)16(18(27)14(3)4)19(28)17-21(30)26-24(8,31-22(17)23)11-12-25(26,32-26)15(5)6/h9,14-15,21,28,30H,10-12H2,1-8H3/t21-,23+,24+,25+,26+/m0/s1. The van der Waals surface area contributed by atoms with Gasteiger partial charge in [-0.05, 0) is 52.9 Å². The zero-order valence-electron chi connectivity index (χ0n) is 20.5.